The standard InChI is InChI=1S/C20H20N4O5S2/c1-2-3-13-24(18(25)15-7-5-4-6-8-15)19-22-21-17(30-19)14-9-11-16(12-10-14)31(28,29)23-20(26)27/h4-12,23H,2-3,13H2,1H3,(H,26,27). The molecule has 0 atom stereocenters. The third kappa shape index (κ3) is 5.44. The Morgan fingerprint density at radius 2 is 1.74 bits per heavy atom. The third-order valence-electron chi connectivity index (χ3n) is 4.28. The molecule has 2 amide bonds. The topological polar surface area (TPSA) is 130 Å². The van der Waals surface area contributed by atoms with Crippen molar-refractivity contribution in [1.82, 2.24) is 14.9 Å². The molecule has 0 unspecified atom stereocenters. The van der Waals surface area contributed by atoms with E-state index in [1.807, 2.05) is 13.0 Å². The number of nitrogens with one attached hydrogen (secondary N) is 1. The smallest absolute Gasteiger partial charge is 0.418 e. The minimum atomic E-state index is -4.15. The lowest BCUT2D eigenvalue weighted by atomic mass is 10.2. The molecular formula is C20H20N4O5S2. The second-order valence-electron chi connectivity index (χ2n) is 6.50. The number of unbranched alkanes of at least 4 members (excludes halogenated alkanes) is 1. The van der Waals surface area contributed by atoms with Crippen LogP contribution in [-0.4, -0.2) is 42.3 Å². The average Bonchev–Trinajstić information content (AvgIpc) is 3.23. The van der Waals surface area contributed by atoms with Gasteiger partial charge in [0.05, 0.1) is 4.90 Å². The highest BCUT2D eigenvalue weighted by Gasteiger charge is 2.22. The summed E-state index contributed by atoms with van der Waals surface area (Å²) in [6.45, 7) is 2.53. The molecule has 0 bridgehead atoms. The van der Waals surface area contributed by atoms with Crippen molar-refractivity contribution in [2.24, 2.45) is 0 Å². The molecule has 11 heteroatoms. The van der Waals surface area contributed by atoms with Gasteiger partial charge in [0.15, 0.2) is 0 Å². The molecule has 3 rings (SSSR count). The van der Waals surface area contributed by atoms with E-state index in [1.165, 1.54) is 40.3 Å². The first-order valence-electron chi connectivity index (χ1n) is 9.38. The van der Waals surface area contributed by atoms with Crippen LogP contribution < -0.4 is 9.62 Å². The molecule has 1 heterocycles. The molecule has 1 aromatic heterocycles. The lowest BCUT2D eigenvalue weighted by molar-refractivity contribution is 0.0986. The van der Waals surface area contributed by atoms with Gasteiger partial charge < -0.3 is 5.11 Å². The first-order valence-corrected chi connectivity index (χ1v) is 11.7. The summed E-state index contributed by atoms with van der Waals surface area (Å²) in [6.07, 6.45) is 0.0503. The van der Waals surface area contributed by atoms with Crippen molar-refractivity contribution in [2.45, 2.75) is 24.7 Å². The lowest BCUT2D eigenvalue weighted by Crippen LogP contribution is -2.31. The third-order valence-corrected chi connectivity index (χ3v) is 6.61. The highest BCUT2D eigenvalue weighted by molar-refractivity contribution is 7.90. The summed E-state index contributed by atoms with van der Waals surface area (Å²) in [6, 6.07) is 14.5. The second kappa shape index (κ2) is 9.67. The predicted octanol–water partition coefficient (Wildman–Crippen LogP) is 3.61. The van der Waals surface area contributed by atoms with Crippen LogP contribution in [0.2, 0.25) is 0 Å². The van der Waals surface area contributed by atoms with Crippen molar-refractivity contribution in [2.75, 3.05) is 11.4 Å². The number of benzene rings is 2. The van der Waals surface area contributed by atoms with Crippen LogP contribution in [-0.2, 0) is 10.0 Å². The summed E-state index contributed by atoms with van der Waals surface area (Å²) < 4.78 is 25.3. The van der Waals surface area contributed by atoms with E-state index in [0.29, 0.717) is 27.8 Å². The van der Waals surface area contributed by atoms with Crippen LogP contribution in [0.5, 0.6) is 0 Å². The highest BCUT2D eigenvalue weighted by Crippen LogP contribution is 2.30. The van der Waals surface area contributed by atoms with Gasteiger partial charge in [-0.15, -0.1) is 10.2 Å². The molecule has 162 valence electrons. The maximum Gasteiger partial charge on any atom is 0.418 e. The van der Waals surface area contributed by atoms with Gasteiger partial charge in [-0.05, 0) is 30.7 Å². The summed E-state index contributed by atoms with van der Waals surface area (Å²) in [4.78, 5) is 25.0. The summed E-state index contributed by atoms with van der Waals surface area (Å²) >= 11 is 1.22. The number of carbonyl (C=O) groups excluding carboxylic acids is 1. The summed E-state index contributed by atoms with van der Waals surface area (Å²) in [5.41, 5.74) is 1.15. The Bertz CT molecular complexity index is 1160. The Hall–Kier alpha value is -3.31. The Labute approximate surface area is 183 Å². The lowest BCUT2D eigenvalue weighted by Gasteiger charge is -2.19. The van der Waals surface area contributed by atoms with Crippen molar-refractivity contribution in [3.63, 3.8) is 0 Å². The van der Waals surface area contributed by atoms with Crippen LogP contribution in [0.4, 0.5) is 9.93 Å². The number of carboxylic acid groups (broad SMARTS) is 1. The number of hydrogen-bond donors (Lipinski definition) is 2. The van der Waals surface area contributed by atoms with Crippen LogP contribution in [0.15, 0.2) is 59.5 Å². The number of hydrogen-bond acceptors (Lipinski definition) is 7. The van der Waals surface area contributed by atoms with Gasteiger partial charge in [0, 0.05) is 17.7 Å². The largest absolute Gasteiger partial charge is 0.464 e. The Morgan fingerprint density at radius 1 is 1.06 bits per heavy atom. The summed E-state index contributed by atoms with van der Waals surface area (Å²) in [5.74, 6) is -0.169. The quantitative estimate of drug-likeness (QED) is 0.525. The molecule has 0 aliphatic carbocycles. The Morgan fingerprint density at radius 3 is 2.35 bits per heavy atom. The number of amides is 2. The van der Waals surface area contributed by atoms with E-state index >= 15 is 0 Å². The molecule has 0 saturated carbocycles. The highest BCUT2D eigenvalue weighted by atomic mass is 32.2. The molecule has 0 saturated heterocycles. The first-order chi connectivity index (χ1) is 14.8. The van der Waals surface area contributed by atoms with Gasteiger partial charge in [0.25, 0.3) is 15.9 Å². The SMILES string of the molecule is CCCCN(C(=O)c1ccccc1)c1nnc(-c2ccc(S(=O)(=O)NC(=O)O)cc2)s1. The fraction of sp³-hybridized carbons (Fsp3) is 0.200. The fourth-order valence-electron chi connectivity index (χ4n) is 2.73. The van der Waals surface area contributed by atoms with E-state index in [4.69, 9.17) is 5.11 Å². The molecule has 0 fully saturated rings. The van der Waals surface area contributed by atoms with Crippen LogP contribution >= 0.6 is 11.3 Å². The molecule has 3 aromatic rings. The van der Waals surface area contributed by atoms with Crippen LogP contribution in [0.1, 0.15) is 30.1 Å². The molecule has 0 spiro atoms. The van der Waals surface area contributed by atoms with E-state index in [1.54, 1.807) is 29.2 Å². The molecule has 0 aliphatic rings. The predicted molar refractivity (Wildman–Crippen MR) is 117 cm³/mol. The van der Waals surface area contributed by atoms with Gasteiger partial charge >= 0.3 is 6.09 Å². The molecule has 31 heavy (non-hydrogen) atoms. The van der Waals surface area contributed by atoms with E-state index in [2.05, 4.69) is 10.2 Å². The van der Waals surface area contributed by atoms with Crippen molar-refractivity contribution < 1.29 is 23.1 Å². The van der Waals surface area contributed by atoms with Crippen molar-refractivity contribution in [3.8, 4) is 10.6 Å². The second-order valence-corrected chi connectivity index (χ2v) is 9.14. The Balaban J connectivity index is 1.86. The van der Waals surface area contributed by atoms with Gasteiger partial charge in [-0.2, -0.15) is 0 Å². The number of nitrogens with zero attached hydrogens (tertiary/aromatic N) is 3. The van der Waals surface area contributed by atoms with Gasteiger partial charge in [0.1, 0.15) is 5.01 Å². The number of carbonyl (C=O) groups is 2. The zero-order valence-corrected chi connectivity index (χ0v) is 18.2. The maximum absolute atomic E-state index is 13.0. The molecular weight excluding hydrogens is 440 g/mol. The minimum Gasteiger partial charge on any atom is -0.464 e. The van der Waals surface area contributed by atoms with Crippen molar-refractivity contribution in [1.29, 1.82) is 0 Å². The van der Waals surface area contributed by atoms with Crippen LogP contribution in [0, 0.1) is 0 Å². The number of sulfonamides is 1. The van der Waals surface area contributed by atoms with E-state index in [0.717, 1.165) is 12.8 Å². The number of aromatic nitrogens is 2. The average molecular weight is 461 g/mol. The maximum atomic E-state index is 13.0. The van der Waals surface area contributed by atoms with Gasteiger partial charge in [-0.3, -0.25) is 9.69 Å². The molecule has 2 N–H and O–H groups in total. The van der Waals surface area contributed by atoms with Crippen molar-refractivity contribution in [3.05, 3.63) is 60.2 Å². The van der Waals surface area contributed by atoms with Crippen LogP contribution in [0.25, 0.3) is 10.6 Å². The van der Waals surface area contributed by atoms with E-state index in [-0.39, 0.29) is 10.8 Å². The zero-order valence-electron chi connectivity index (χ0n) is 16.6. The van der Waals surface area contributed by atoms with Gasteiger partial charge in [0.2, 0.25) is 5.13 Å². The first kappa shape index (κ1) is 22.4. The van der Waals surface area contributed by atoms with Crippen molar-refractivity contribution >= 4 is 38.5 Å². The fourth-order valence-corrected chi connectivity index (χ4v) is 4.45. The summed E-state index contributed by atoms with van der Waals surface area (Å²) in [5, 5.41) is 17.9. The van der Waals surface area contributed by atoms with E-state index < -0.39 is 16.1 Å². The minimum absolute atomic E-state index is 0.169. The van der Waals surface area contributed by atoms with Gasteiger partial charge in [-0.25, -0.2) is 17.9 Å². The Kier molecular flexibility index (Phi) is 6.98. The summed E-state index contributed by atoms with van der Waals surface area (Å²) in [7, 11) is -4.15. The zero-order chi connectivity index (χ0) is 22.4. The normalized spacial score (nSPS) is 11.1. The molecule has 0 radical (unpaired) electrons. The molecule has 9 nitrogen and oxygen atoms in total. The monoisotopic (exact) mass is 460 g/mol. The number of anilines is 1. The van der Waals surface area contributed by atoms with Gasteiger partial charge in [-0.1, -0.05) is 55.0 Å². The molecule has 0 aliphatic heterocycles. The molecule has 2 aromatic carbocycles. The van der Waals surface area contributed by atoms with E-state index in [9.17, 15) is 18.0 Å². The number of rotatable bonds is 8. The van der Waals surface area contributed by atoms with Crippen LogP contribution in [0.3, 0.4) is 0 Å².